The molecule has 0 heterocycles. The Kier molecular flexibility index (Phi) is 4.70. The van der Waals surface area contributed by atoms with E-state index < -0.39 is 0 Å². The summed E-state index contributed by atoms with van der Waals surface area (Å²) in [6, 6.07) is 7.61. The summed E-state index contributed by atoms with van der Waals surface area (Å²) in [6.07, 6.45) is 0.733. The van der Waals surface area contributed by atoms with Gasteiger partial charge in [-0.3, -0.25) is 4.79 Å². The summed E-state index contributed by atoms with van der Waals surface area (Å²) >= 11 is 0. The predicted molar refractivity (Wildman–Crippen MR) is 72.1 cm³/mol. The molecule has 0 atom stereocenters. The summed E-state index contributed by atoms with van der Waals surface area (Å²) in [5.74, 6) is -0.0511. The number of carbonyl (C=O) groups is 1. The second-order valence-electron chi connectivity index (χ2n) is 4.43. The Morgan fingerprint density at radius 1 is 1.18 bits per heavy atom. The third-order valence-electron chi connectivity index (χ3n) is 2.30. The van der Waals surface area contributed by atoms with Gasteiger partial charge < -0.3 is 5.32 Å². The first-order valence-electron chi connectivity index (χ1n) is 5.65. The number of nitrogens with one attached hydrogen (secondary N) is 1. The van der Waals surface area contributed by atoms with E-state index in [1.54, 1.807) is 0 Å². The van der Waals surface area contributed by atoms with E-state index >= 15 is 0 Å². The molecule has 1 amide bonds. The molecule has 0 saturated carbocycles. The second-order valence-corrected chi connectivity index (χ2v) is 4.43. The summed E-state index contributed by atoms with van der Waals surface area (Å²) in [4.78, 5) is 12.0. The third kappa shape index (κ3) is 4.27. The van der Waals surface area contributed by atoms with Crippen LogP contribution < -0.4 is 5.32 Å². The highest BCUT2D eigenvalue weighted by Gasteiger charge is 2.09. The normalized spacial score (nSPS) is 9.76. The number of hydrogen-bond acceptors (Lipinski definition) is 1. The minimum atomic E-state index is -0.0511. The summed E-state index contributed by atoms with van der Waals surface area (Å²) in [7, 11) is 0. The minimum Gasteiger partial charge on any atom is -0.348 e. The standard InChI is InChI=1S/C15H19NO/c1-11(2)9-13-7-5-6-8-14(13)15(17)16-10-12(3)4/h5-8H,1,3,9-10H2,2,4H3,(H,16,17). The van der Waals surface area contributed by atoms with E-state index in [-0.39, 0.29) is 5.91 Å². The van der Waals surface area contributed by atoms with Gasteiger partial charge in [0.1, 0.15) is 0 Å². The van der Waals surface area contributed by atoms with Crippen molar-refractivity contribution in [3.05, 3.63) is 59.7 Å². The van der Waals surface area contributed by atoms with Crippen LogP contribution in [-0.4, -0.2) is 12.5 Å². The molecule has 0 unspecified atom stereocenters. The van der Waals surface area contributed by atoms with Crippen molar-refractivity contribution in [2.24, 2.45) is 0 Å². The monoisotopic (exact) mass is 229 g/mol. The van der Waals surface area contributed by atoms with Gasteiger partial charge in [-0.05, 0) is 31.9 Å². The van der Waals surface area contributed by atoms with Crippen molar-refractivity contribution >= 4 is 5.91 Å². The maximum atomic E-state index is 12.0. The number of rotatable bonds is 5. The van der Waals surface area contributed by atoms with E-state index in [1.165, 1.54) is 0 Å². The number of benzene rings is 1. The highest BCUT2D eigenvalue weighted by atomic mass is 16.1. The minimum absolute atomic E-state index is 0.0511. The SMILES string of the molecule is C=C(C)CNC(=O)c1ccccc1CC(=C)C. The van der Waals surface area contributed by atoms with Crippen molar-refractivity contribution < 1.29 is 4.79 Å². The van der Waals surface area contributed by atoms with Gasteiger partial charge in [0, 0.05) is 12.1 Å². The van der Waals surface area contributed by atoms with Gasteiger partial charge in [-0.1, -0.05) is 42.5 Å². The Labute approximate surface area is 103 Å². The molecule has 1 N–H and O–H groups in total. The van der Waals surface area contributed by atoms with Gasteiger partial charge in [-0.2, -0.15) is 0 Å². The molecule has 1 aromatic rings. The zero-order chi connectivity index (χ0) is 12.8. The Balaban J connectivity index is 2.85. The van der Waals surface area contributed by atoms with Crippen LogP contribution in [0, 0.1) is 0 Å². The number of amides is 1. The maximum Gasteiger partial charge on any atom is 0.251 e. The first-order chi connectivity index (χ1) is 8.00. The van der Waals surface area contributed by atoms with Gasteiger partial charge in [-0.15, -0.1) is 0 Å². The van der Waals surface area contributed by atoms with Gasteiger partial charge in [0.05, 0.1) is 0 Å². The molecule has 0 fully saturated rings. The van der Waals surface area contributed by atoms with Crippen LogP contribution in [0.4, 0.5) is 0 Å². The number of allylic oxidation sites excluding steroid dienone is 1. The van der Waals surface area contributed by atoms with Crippen molar-refractivity contribution in [3.8, 4) is 0 Å². The number of carbonyl (C=O) groups excluding carboxylic acids is 1. The average Bonchev–Trinajstić information content (AvgIpc) is 2.25. The predicted octanol–water partition coefficient (Wildman–Crippen LogP) is 3.11. The Morgan fingerprint density at radius 3 is 2.41 bits per heavy atom. The van der Waals surface area contributed by atoms with Crippen LogP contribution >= 0.6 is 0 Å². The van der Waals surface area contributed by atoms with Gasteiger partial charge >= 0.3 is 0 Å². The van der Waals surface area contributed by atoms with Crippen LogP contribution in [0.2, 0.25) is 0 Å². The molecule has 0 aliphatic heterocycles. The van der Waals surface area contributed by atoms with Crippen LogP contribution in [0.1, 0.15) is 29.8 Å². The van der Waals surface area contributed by atoms with Gasteiger partial charge in [-0.25, -0.2) is 0 Å². The lowest BCUT2D eigenvalue weighted by molar-refractivity contribution is 0.0956. The van der Waals surface area contributed by atoms with E-state index in [1.807, 2.05) is 38.1 Å². The van der Waals surface area contributed by atoms with E-state index in [9.17, 15) is 4.79 Å². The molecule has 0 radical (unpaired) electrons. The molecule has 0 saturated heterocycles. The lowest BCUT2D eigenvalue weighted by atomic mass is 10.0. The highest BCUT2D eigenvalue weighted by molar-refractivity contribution is 5.95. The summed E-state index contributed by atoms with van der Waals surface area (Å²) in [5.41, 5.74) is 3.72. The lowest BCUT2D eigenvalue weighted by Gasteiger charge is -2.10. The molecule has 0 aromatic heterocycles. The molecule has 0 aliphatic carbocycles. The van der Waals surface area contributed by atoms with Gasteiger partial charge in [0.2, 0.25) is 0 Å². The zero-order valence-electron chi connectivity index (χ0n) is 10.5. The van der Waals surface area contributed by atoms with Gasteiger partial charge in [0.25, 0.3) is 5.91 Å². The van der Waals surface area contributed by atoms with Crippen molar-refractivity contribution in [1.29, 1.82) is 0 Å². The maximum absolute atomic E-state index is 12.0. The fourth-order valence-electron chi connectivity index (χ4n) is 1.55. The fourth-order valence-corrected chi connectivity index (χ4v) is 1.55. The molecule has 0 spiro atoms. The Morgan fingerprint density at radius 2 is 1.82 bits per heavy atom. The van der Waals surface area contributed by atoms with E-state index in [0.29, 0.717) is 6.54 Å². The van der Waals surface area contributed by atoms with E-state index in [0.717, 1.165) is 28.7 Å². The smallest absolute Gasteiger partial charge is 0.251 e. The fraction of sp³-hybridized carbons (Fsp3) is 0.267. The molecule has 1 rings (SSSR count). The van der Waals surface area contributed by atoms with Crippen LogP contribution in [0.3, 0.4) is 0 Å². The summed E-state index contributed by atoms with van der Waals surface area (Å²) in [6.45, 7) is 12.0. The highest BCUT2D eigenvalue weighted by Crippen LogP contribution is 2.12. The Hall–Kier alpha value is -1.83. The Bertz CT molecular complexity index is 446. The molecule has 0 aliphatic rings. The molecule has 17 heavy (non-hydrogen) atoms. The zero-order valence-corrected chi connectivity index (χ0v) is 10.5. The molecular formula is C15H19NO. The van der Waals surface area contributed by atoms with Gasteiger partial charge in [0.15, 0.2) is 0 Å². The largest absolute Gasteiger partial charge is 0.348 e. The quantitative estimate of drug-likeness (QED) is 0.772. The average molecular weight is 229 g/mol. The third-order valence-corrected chi connectivity index (χ3v) is 2.30. The van der Waals surface area contributed by atoms with Crippen LogP contribution in [0.15, 0.2) is 48.6 Å². The first-order valence-corrected chi connectivity index (χ1v) is 5.65. The van der Waals surface area contributed by atoms with Crippen molar-refractivity contribution in [2.45, 2.75) is 20.3 Å². The van der Waals surface area contributed by atoms with Crippen molar-refractivity contribution in [3.63, 3.8) is 0 Å². The molecular weight excluding hydrogens is 210 g/mol. The number of hydrogen-bond donors (Lipinski definition) is 1. The van der Waals surface area contributed by atoms with Crippen LogP contribution in [-0.2, 0) is 6.42 Å². The molecule has 90 valence electrons. The summed E-state index contributed by atoms with van der Waals surface area (Å²) < 4.78 is 0. The molecule has 1 aromatic carbocycles. The topological polar surface area (TPSA) is 29.1 Å². The van der Waals surface area contributed by atoms with Crippen molar-refractivity contribution in [2.75, 3.05) is 6.54 Å². The molecule has 2 heteroatoms. The molecule has 2 nitrogen and oxygen atoms in total. The molecule has 0 bridgehead atoms. The van der Waals surface area contributed by atoms with Crippen LogP contribution in [0.5, 0.6) is 0 Å². The van der Waals surface area contributed by atoms with E-state index in [2.05, 4.69) is 18.5 Å². The van der Waals surface area contributed by atoms with Crippen LogP contribution in [0.25, 0.3) is 0 Å². The van der Waals surface area contributed by atoms with E-state index in [4.69, 9.17) is 0 Å². The second kappa shape index (κ2) is 6.04. The first kappa shape index (κ1) is 13.2. The lowest BCUT2D eigenvalue weighted by Crippen LogP contribution is -2.25. The van der Waals surface area contributed by atoms with Crippen molar-refractivity contribution in [1.82, 2.24) is 5.32 Å². The summed E-state index contributed by atoms with van der Waals surface area (Å²) in [5, 5.41) is 2.84.